The minimum atomic E-state index is -0.484. The van der Waals surface area contributed by atoms with Crippen LogP contribution in [-0.2, 0) is 11.3 Å². The van der Waals surface area contributed by atoms with Gasteiger partial charge in [-0.2, -0.15) is 4.98 Å². The minimum Gasteiger partial charge on any atom is -0.467 e. The summed E-state index contributed by atoms with van der Waals surface area (Å²) in [6.45, 7) is 1.49. The Morgan fingerprint density at radius 3 is 2.85 bits per heavy atom. The van der Waals surface area contributed by atoms with Crippen LogP contribution in [0.15, 0.2) is 47.4 Å². The van der Waals surface area contributed by atoms with Crippen molar-refractivity contribution in [1.82, 2.24) is 14.3 Å². The van der Waals surface area contributed by atoms with Gasteiger partial charge in [0.1, 0.15) is 11.5 Å². The van der Waals surface area contributed by atoms with Crippen LogP contribution in [0.4, 0.5) is 4.39 Å². The van der Waals surface area contributed by atoms with Gasteiger partial charge in [0.05, 0.1) is 6.07 Å². The van der Waals surface area contributed by atoms with Gasteiger partial charge in [0, 0.05) is 30.4 Å². The molecule has 0 saturated carbocycles. The fourth-order valence-electron chi connectivity index (χ4n) is 2.57. The Kier molecular flexibility index (Phi) is 5.41. The highest BCUT2D eigenvalue weighted by Crippen LogP contribution is 2.20. The van der Waals surface area contributed by atoms with Crippen LogP contribution in [0.25, 0.3) is 5.65 Å². The molecule has 27 heavy (non-hydrogen) atoms. The van der Waals surface area contributed by atoms with Crippen molar-refractivity contribution in [2.75, 3.05) is 13.7 Å². The zero-order valence-electron chi connectivity index (χ0n) is 14.8. The number of aromatic nitrogens is 2. The maximum Gasteiger partial charge on any atom is 0.261 e. The first kappa shape index (κ1) is 18.8. The molecule has 1 aromatic carbocycles. The van der Waals surface area contributed by atoms with Crippen molar-refractivity contribution in [3.05, 3.63) is 74.9 Å². The monoisotopic (exact) mass is 389 g/mol. The Balaban J connectivity index is 1.71. The molecule has 0 aliphatic heterocycles. The highest BCUT2D eigenvalue weighted by molar-refractivity contribution is 6.31. The van der Waals surface area contributed by atoms with E-state index in [4.69, 9.17) is 16.3 Å². The summed E-state index contributed by atoms with van der Waals surface area (Å²) in [6.07, 6.45) is 1.61. The van der Waals surface area contributed by atoms with Gasteiger partial charge in [-0.3, -0.25) is 14.0 Å². The van der Waals surface area contributed by atoms with E-state index in [0.717, 1.165) is 5.56 Å². The van der Waals surface area contributed by atoms with Crippen LogP contribution in [0.5, 0.6) is 5.88 Å². The topological polar surface area (TPSA) is 63.9 Å². The number of amides is 1. The van der Waals surface area contributed by atoms with Crippen LogP contribution in [-0.4, -0.2) is 33.8 Å². The summed E-state index contributed by atoms with van der Waals surface area (Å²) in [7, 11) is 1.52. The molecule has 6 nitrogen and oxygen atoms in total. The van der Waals surface area contributed by atoms with E-state index in [9.17, 15) is 14.0 Å². The van der Waals surface area contributed by atoms with Gasteiger partial charge in [0.15, 0.2) is 6.61 Å². The molecule has 0 atom stereocenters. The molecule has 8 heteroatoms. The number of ether oxygens (including phenoxy) is 1. The molecule has 0 radical (unpaired) electrons. The number of rotatable bonds is 5. The van der Waals surface area contributed by atoms with Crippen molar-refractivity contribution < 1.29 is 13.9 Å². The molecule has 140 valence electrons. The van der Waals surface area contributed by atoms with Crippen molar-refractivity contribution in [2.24, 2.45) is 0 Å². The molecule has 0 aliphatic rings. The van der Waals surface area contributed by atoms with Crippen molar-refractivity contribution >= 4 is 23.2 Å². The van der Waals surface area contributed by atoms with Crippen LogP contribution in [0.3, 0.4) is 0 Å². The molecule has 0 unspecified atom stereocenters. The standard InChI is InChI=1S/C19H17ClFN3O3/c1-12-5-4-8-24-17(25)9-16(22-19(12)24)27-11-18(26)23(2)10-13-14(20)6-3-7-15(13)21/h3-9H,10-11H2,1-2H3. The molecule has 0 N–H and O–H groups in total. The normalized spacial score (nSPS) is 10.8. The number of benzene rings is 1. The summed E-state index contributed by atoms with van der Waals surface area (Å²) in [5.74, 6) is -0.830. The Morgan fingerprint density at radius 1 is 1.33 bits per heavy atom. The van der Waals surface area contributed by atoms with Gasteiger partial charge in [-0.1, -0.05) is 23.7 Å². The second kappa shape index (κ2) is 7.75. The molecule has 0 bridgehead atoms. The van der Waals surface area contributed by atoms with Gasteiger partial charge in [0.2, 0.25) is 5.88 Å². The van der Waals surface area contributed by atoms with Gasteiger partial charge in [0.25, 0.3) is 11.5 Å². The largest absolute Gasteiger partial charge is 0.467 e. The van der Waals surface area contributed by atoms with E-state index in [-0.39, 0.29) is 35.2 Å². The molecule has 0 aliphatic carbocycles. The van der Waals surface area contributed by atoms with Crippen LogP contribution in [0.1, 0.15) is 11.1 Å². The molecular formula is C19H17ClFN3O3. The third-order valence-corrected chi connectivity index (χ3v) is 4.44. The van der Waals surface area contributed by atoms with Crippen molar-refractivity contribution in [3.63, 3.8) is 0 Å². The molecule has 0 saturated heterocycles. The third kappa shape index (κ3) is 4.09. The molecule has 2 heterocycles. The van der Waals surface area contributed by atoms with Gasteiger partial charge >= 0.3 is 0 Å². The number of fused-ring (bicyclic) bond motifs is 1. The summed E-state index contributed by atoms with van der Waals surface area (Å²) >= 11 is 5.98. The number of carbonyl (C=O) groups excluding carboxylic acids is 1. The number of carbonyl (C=O) groups is 1. The van der Waals surface area contributed by atoms with E-state index in [1.807, 2.05) is 13.0 Å². The summed E-state index contributed by atoms with van der Waals surface area (Å²) in [6, 6.07) is 9.13. The van der Waals surface area contributed by atoms with E-state index in [1.54, 1.807) is 18.3 Å². The van der Waals surface area contributed by atoms with Crippen LogP contribution >= 0.6 is 11.6 Å². The number of halogens is 2. The maximum absolute atomic E-state index is 13.9. The predicted molar refractivity (Wildman–Crippen MR) is 99.6 cm³/mol. The van der Waals surface area contributed by atoms with E-state index in [1.165, 1.54) is 34.5 Å². The van der Waals surface area contributed by atoms with Gasteiger partial charge in [-0.15, -0.1) is 0 Å². The smallest absolute Gasteiger partial charge is 0.261 e. The second-order valence-corrected chi connectivity index (χ2v) is 6.46. The summed E-state index contributed by atoms with van der Waals surface area (Å²) in [4.78, 5) is 30.0. The second-order valence-electron chi connectivity index (χ2n) is 6.06. The number of aryl methyl sites for hydroxylation is 1. The lowest BCUT2D eigenvalue weighted by Gasteiger charge is -2.18. The van der Waals surface area contributed by atoms with E-state index in [2.05, 4.69) is 4.98 Å². The van der Waals surface area contributed by atoms with Crippen LogP contribution < -0.4 is 10.3 Å². The maximum atomic E-state index is 13.9. The zero-order valence-corrected chi connectivity index (χ0v) is 15.5. The zero-order chi connectivity index (χ0) is 19.6. The van der Waals surface area contributed by atoms with Crippen LogP contribution in [0, 0.1) is 12.7 Å². The van der Waals surface area contributed by atoms with Crippen molar-refractivity contribution in [3.8, 4) is 5.88 Å². The number of hydrogen-bond donors (Lipinski definition) is 0. The first-order valence-electron chi connectivity index (χ1n) is 8.15. The lowest BCUT2D eigenvalue weighted by molar-refractivity contribution is -0.132. The summed E-state index contributed by atoms with van der Waals surface area (Å²) in [5.41, 5.74) is 1.18. The van der Waals surface area contributed by atoms with E-state index in [0.29, 0.717) is 5.65 Å². The number of hydrogen-bond acceptors (Lipinski definition) is 4. The fourth-order valence-corrected chi connectivity index (χ4v) is 2.79. The first-order chi connectivity index (χ1) is 12.9. The van der Waals surface area contributed by atoms with E-state index >= 15 is 0 Å². The van der Waals surface area contributed by atoms with Crippen LogP contribution in [0.2, 0.25) is 5.02 Å². The number of nitrogens with zero attached hydrogens (tertiary/aromatic N) is 3. The molecular weight excluding hydrogens is 373 g/mol. The predicted octanol–water partition coefficient (Wildman–Crippen LogP) is 2.83. The highest BCUT2D eigenvalue weighted by atomic mass is 35.5. The van der Waals surface area contributed by atoms with Gasteiger partial charge in [-0.05, 0) is 30.7 Å². The van der Waals surface area contributed by atoms with E-state index < -0.39 is 11.7 Å². The Bertz CT molecular complexity index is 1050. The fraction of sp³-hybridized carbons (Fsp3) is 0.211. The SMILES string of the molecule is Cc1cccn2c(=O)cc(OCC(=O)N(C)Cc3c(F)cccc3Cl)nc12. The van der Waals surface area contributed by atoms with Crippen molar-refractivity contribution in [1.29, 1.82) is 0 Å². The average molecular weight is 390 g/mol. The summed E-state index contributed by atoms with van der Waals surface area (Å²) in [5, 5.41) is 0.246. The Morgan fingerprint density at radius 2 is 2.11 bits per heavy atom. The molecule has 0 spiro atoms. The lowest BCUT2D eigenvalue weighted by atomic mass is 10.2. The Hall–Kier alpha value is -2.93. The third-order valence-electron chi connectivity index (χ3n) is 4.09. The number of likely N-dealkylation sites (N-methyl/N-ethyl adjacent to an activating group) is 1. The molecule has 3 aromatic rings. The van der Waals surface area contributed by atoms with Crippen molar-refractivity contribution in [2.45, 2.75) is 13.5 Å². The minimum absolute atomic E-state index is 0.000610. The first-order valence-corrected chi connectivity index (χ1v) is 8.53. The quantitative estimate of drug-likeness (QED) is 0.673. The molecule has 2 aromatic heterocycles. The lowest BCUT2D eigenvalue weighted by Crippen LogP contribution is -2.31. The van der Waals surface area contributed by atoms with Gasteiger partial charge < -0.3 is 9.64 Å². The molecule has 0 fully saturated rings. The summed E-state index contributed by atoms with van der Waals surface area (Å²) < 4.78 is 20.6. The Labute approximate surface area is 159 Å². The van der Waals surface area contributed by atoms with Gasteiger partial charge in [-0.25, -0.2) is 4.39 Å². The average Bonchev–Trinajstić information content (AvgIpc) is 2.63. The highest BCUT2D eigenvalue weighted by Gasteiger charge is 2.15. The molecule has 3 rings (SSSR count). The molecule has 1 amide bonds. The number of pyridine rings is 1.